The normalized spacial score (nSPS) is 15.2. The molecule has 1 aromatic carbocycles. The summed E-state index contributed by atoms with van der Waals surface area (Å²) in [6.07, 6.45) is 5.65. The third-order valence-electron chi connectivity index (χ3n) is 2.42. The van der Waals surface area contributed by atoms with E-state index in [9.17, 15) is 10.1 Å². The van der Waals surface area contributed by atoms with Crippen LogP contribution in [-0.2, 0) is 0 Å². The molecule has 82 valence electrons. The highest BCUT2D eigenvalue weighted by Gasteiger charge is 2.20. The van der Waals surface area contributed by atoms with Gasteiger partial charge in [-0.1, -0.05) is 18.2 Å². The van der Waals surface area contributed by atoms with Gasteiger partial charge in [0.25, 0.3) is 5.69 Å². The highest BCUT2D eigenvalue weighted by Crippen LogP contribution is 2.34. The van der Waals surface area contributed by atoms with E-state index in [1.54, 1.807) is 12.1 Å². The summed E-state index contributed by atoms with van der Waals surface area (Å²) >= 11 is 0. The maximum atomic E-state index is 10.8. The Balaban J connectivity index is 2.54. The Morgan fingerprint density at radius 1 is 1.31 bits per heavy atom. The molecule has 0 amide bonds. The topological polar surface area (TPSA) is 46.4 Å². The van der Waals surface area contributed by atoms with Crippen molar-refractivity contribution in [3.05, 3.63) is 51.7 Å². The van der Waals surface area contributed by atoms with Crippen LogP contribution in [0.5, 0.6) is 0 Å². The number of nitro groups is 1. The van der Waals surface area contributed by atoms with E-state index in [2.05, 4.69) is 0 Å². The first-order valence-electron chi connectivity index (χ1n) is 4.93. The lowest BCUT2D eigenvalue weighted by Gasteiger charge is -2.07. The smallest absolute Gasteiger partial charge is 0.277 e. The van der Waals surface area contributed by atoms with Gasteiger partial charge in [0.1, 0.15) is 0 Å². The van der Waals surface area contributed by atoms with Crippen molar-refractivity contribution in [1.29, 1.82) is 0 Å². The van der Waals surface area contributed by atoms with Crippen molar-refractivity contribution in [2.24, 2.45) is 0 Å². The van der Waals surface area contributed by atoms with E-state index >= 15 is 0 Å². The second kappa shape index (κ2) is 3.81. The van der Waals surface area contributed by atoms with Crippen molar-refractivity contribution in [2.45, 2.75) is 0 Å². The van der Waals surface area contributed by atoms with Gasteiger partial charge in [0.15, 0.2) is 0 Å². The molecule has 0 aliphatic heterocycles. The fourth-order valence-corrected chi connectivity index (χ4v) is 1.79. The number of allylic oxidation sites excluding steroid dienone is 2. The lowest BCUT2D eigenvalue weighted by atomic mass is 10.1. The fraction of sp³-hybridized carbons (Fsp3) is 0.167. The largest absolute Gasteiger partial charge is 0.383 e. The maximum absolute atomic E-state index is 10.8. The van der Waals surface area contributed by atoms with Crippen molar-refractivity contribution < 1.29 is 4.92 Å². The predicted octanol–water partition coefficient (Wildman–Crippen LogP) is 2.52. The first kappa shape index (κ1) is 10.4. The van der Waals surface area contributed by atoms with E-state index in [-0.39, 0.29) is 10.6 Å². The van der Waals surface area contributed by atoms with Crippen LogP contribution in [0.4, 0.5) is 5.69 Å². The second-order valence-electron chi connectivity index (χ2n) is 3.88. The van der Waals surface area contributed by atoms with Crippen molar-refractivity contribution in [3.8, 4) is 0 Å². The zero-order valence-corrected chi connectivity index (χ0v) is 9.18. The van der Waals surface area contributed by atoms with Gasteiger partial charge in [-0.2, -0.15) is 0 Å². The molecule has 0 spiro atoms. The number of rotatable bonds is 2. The van der Waals surface area contributed by atoms with Gasteiger partial charge < -0.3 is 4.90 Å². The minimum Gasteiger partial charge on any atom is -0.383 e. The Kier molecular flexibility index (Phi) is 2.48. The van der Waals surface area contributed by atoms with Crippen LogP contribution in [0, 0.1) is 10.1 Å². The van der Waals surface area contributed by atoms with Gasteiger partial charge in [0.2, 0.25) is 0 Å². The van der Waals surface area contributed by atoms with Gasteiger partial charge in [-0.15, -0.1) is 0 Å². The van der Waals surface area contributed by atoms with Gasteiger partial charge in [0.05, 0.1) is 10.5 Å². The van der Waals surface area contributed by atoms with Crippen LogP contribution >= 0.6 is 0 Å². The van der Waals surface area contributed by atoms with Gasteiger partial charge >= 0.3 is 0 Å². The maximum Gasteiger partial charge on any atom is 0.277 e. The van der Waals surface area contributed by atoms with Crippen LogP contribution in [0.2, 0.25) is 0 Å². The van der Waals surface area contributed by atoms with E-state index in [0.717, 1.165) is 11.1 Å². The molecule has 1 aliphatic carbocycles. The Bertz CT molecular complexity index is 502. The summed E-state index contributed by atoms with van der Waals surface area (Å²) in [5.74, 6) is 0. The lowest BCUT2D eigenvalue weighted by Crippen LogP contribution is -2.01. The number of hydrogen-bond donors (Lipinski definition) is 0. The molecule has 4 heteroatoms. The van der Waals surface area contributed by atoms with Crippen molar-refractivity contribution >= 4 is 17.3 Å². The SMILES string of the molecule is CN(C)C=C1C=Cc2c1cccc2[N+](=O)[O-]. The zero-order valence-electron chi connectivity index (χ0n) is 9.18. The van der Waals surface area contributed by atoms with Gasteiger partial charge in [-0.3, -0.25) is 10.1 Å². The molecule has 2 rings (SSSR count). The van der Waals surface area contributed by atoms with E-state index in [4.69, 9.17) is 0 Å². The van der Waals surface area contributed by atoms with Crippen LogP contribution in [0.1, 0.15) is 11.1 Å². The zero-order chi connectivity index (χ0) is 11.7. The van der Waals surface area contributed by atoms with E-state index in [1.807, 2.05) is 37.3 Å². The fourth-order valence-electron chi connectivity index (χ4n) is 1.79. The van der Waals surface area contributed by atoms with Crippen LogP contribution in [0.25, 0.3) is 11.6 Å². The summed E-state index contributed by atoms with van der Waals surface area (Å²) in [5.41, 5.74) is 2.78. The Morgan fingerprint density at radius 3 is 2.69 bits per heavy atom. The molecular formula is C12H12N2O2. The molecule has 4 nitrogen and oxygen atoms in total. The quantitative estimate of drug-likeness (QED) is 0.563. The third-order valence-corrected chi connectivity index (χ3v) is 2.42. The number of hydrogen-bond acceptors (Lipinski definition) is 3. The molecule has 0 saturated heterocycles. The molecule has 0 radical (unpaired) electrons. The summed E-state index contributed by atoms with van der Waals surface area (Å²) < 4.78 is 0. The molecule has 16 heavy (non-hydrogen) atoms. The van der Waals surface area contributed by atoms with Crippen LogP contribution in [0.3, 0.4) is 0 Å². The lowest BCUT2D eigenvalue weighted by molar-refractivity contribution is -0.385. The Morgan fingerprint density at radius 2 is 2.06 bits per heavy atom. The number of nitrogens with zero attached hydrogens (tertiary/aromatic N) is 2. The molecule has 0 unspecified atom stereocenters. The van der Waals surface area contributed by atoms with Crippen LogP contribution < -0.4 is 0 Å². The number of benzene rings is 1. The first-order valence-corrected chi connectivity index (χ1v) is 4.93. The van der Waals surface area contributed by atoms with Crippen LogP contribution in [0.15, 0.2) is 30.5 Å². The minimum atomic E-state index is -0.345. The number of nitro benzene ring substituents is 1. The predicted molar refractivity (Wildman–Crippen MR) is 63.8 cm³/mol. The molecule has 0 aromatic heterocycles. The Hall–Kier alpha value is -2.10. The van der Waals surface area contributed by atoms with Crippen molar-refractivity contribution in [2.75, 3.05) is 14.1 Å². The minimum absolute atomic E-state index is 0.163. The van der Waals surface area contributed by atoms with Crippen molar-refractivity contribution in [3.63, 3.8) is 0 Å². The Labute approximate surface area is 93.6 Å². The summed E-state index contributed by atoms with van der Waals surface area (Å²) in [6.45, 7) is 0. The molecule has 1 aromatic rings. The summed E-state index contributed by atoms with van der Waals surface area (Å²) in [7, 11) is 3.85. The summed E-state index contributed by atoms with van der Waals surface area (Å²) in [5, 5.41) is 10.8. The monoisotopic (exact) mass is 216 g/mol. The molecule has 0 N–H and O–H groups in total. The average Bonchev–Trinajstić information content (AvgIpc) is 2.60. The van der Waals surface area contributed by atoms with E-state index < -0.39 is 0 Å². The molecule has 0 heterocycles. The highest BCUT2D eigenvalue weighted by molar-refractivity contribution is 5.92. The first-order chi connectivity index (χ1) is 7.59. The second-order valence-corrected chi connectivity index (χ2v) is 3.88. The average molecular weight is 216 g/mol. The molecule has 1 aliphatic rings. The molecule has 0 bridgehead atoms. The molecule has 0 saturated carbocycles. The molecule has 0 fully saturated rings. The number of fused-ring (bicyclic) bond motifs is 1. The van der Waals surface area contributed by atoms with Gasteiger partial charge in [-0.05, 0) is 17.2 Å². The van der Waals surface area contributed by atoms with E-state index in [0.29, 0.717) is 5.56 Å². The highest BCUT2D eigenvalue weighted by atomic mass is 16.6. The van der Waals surface area contributed by atoms with Gasteiger partial charge in [-0.25, -0.2) is 0 Å². The van der Waals surface area contributed by atoms with Gasteiger partial charge in [0, 0.05) is 26.4 Å². The van der Waals surface area contributed by atoms with Crippen molar-refractivity contribution in [1.82, 2.24) is 4.90 Å². The van der Waals surface area contributed by atoms with Crippen LogP contribution in [-0.4, -0.2) is 23.9 Å². The standard InChI is InChI=1S/C12H12N2O2/c1-13(2)8-9-6-7-11-10(9)4-3-5-12(11)14(15)16/h3-8H,1-2H3. The molecule has 0 atom stereocenters. The summed E-state index contributed by atoms with van der Waals surface area (Å²) in [4.78, 5) is 12.4. The summed E-state index contributed by atoms with van der Waals surface area (Å²) in [6, 6.07) is 5.15. The third kappa shape index (κ3) is 1.69. The van der Waals surface area contributed by atoms with E-state index in [1.165, 1.54) is 6.07 Å². The molecular weight excluding hydrogens is 204 g/mol.